The van der Waals surface area contributed by atoms with E-state index in [1.54, 1.807) is 11.1 Å². The molecule has 2 aromatic heterocycles. The normalized spacial score (nSPS) is 10.7. The summed E-state index contributed by atoms with van der Waals surface area (Å²) in [5.41, 5.74) is 2.11. The molecule has 0 bridgehead atoms. The summed E-state index contributed by atoms with van der Waals surface area (Å²) < 4.78 is 0. The van der Waals surface area contributed by atoms with Crippen molar-refractivity contribution >= 4 is 39.6 Å². The van der Waals surface area contributed by atoms with E-state index < -0.39 is 4.92 Å². The summed E-state index contributed by atoms with van der Waals surface area (Å²) in [6, 6.07) is 18.7. The number of rotatable bonds is 6. The van der Waals surface area contributed by atoms with E-state index in [-0.39, 0.29) is 17.3 Å². The maximum atomic E-state index is 12.0. The first-order valence-corrected chi connectivity index (χ1v) is 9.11. The molecule has 0 aliphatic heterocycles. The van der Waals surface area contributed by atoms with Crippen molar-refractivity contribution in [2.75, 3.05) is 16.8 Å². The second kappa shape index (κ2) is 7.89. The van der Waals surface area contributed by atoms with Crippen LogP contribution in [-0.4, -0.2) is 26.4 Å². The molecule has 0 unspecified atom stereocenters. The number of fused-ring (bicyclic) bond motifs is 1. The first-order chi connectivity index (χ1) is 14.2. The van der Waals surface area contributed by atoms with Crippen molar-refractivity contribution in [2.45, 2.75) is 6.92 Å². The second-order valence-electron chi connectivity index (χ2n) is 6.23. The molecule has 2 aromatic carbocycles. The van der Waals surface area contributed by atoms with Gasteiger partial charge in [0.15, 0.2) is 0 Å². The Kier molecular flexibility index (Phi) is 4.98. The van der Waals surface area contributed by atoms with E-state index in [4.69, 9.17) is 0 Å². The Labute approximate surface area is 167 Å². The first kappa shape index (κ1) is 18.3. The molecule has 0 spiro atoms. The summed E-state index contributed by atoms with van der Waals surface area (Å²) in [5.74, 6) is 0.366. The van der Waals surface area contributed by atoms with Crippen LogP contribution >= 0.6 is 0 Å². The SMILES string of the molecule is CCN(c1ccccc1)c1ncnc(Nc2cccc3ncccc23)c1[N+](=O)[O-]. The fourth-order valence-electron chi connectivity index (χ4n) is 3.23. The van der Waals surface area contributed by atoms with Crippen molar-refractivity contribution in [2.24, 2.45) is 0 Å². The fraction of sp³-hybridized carbons (Fsp3) is 0.0952. The van der Waals surface area contributed by atoms with Crippen LogP contribution in [0.25, 0.3) is 10.9 Å². The smallest absolute Gasteiger partial charge is 0.334 e. The van der Waals surface area contributed by atoms with E-state index in [0.29, 0.717) is 12.2 Å². The van der Waals surface area contributed by atoms with E-state index in [1.165, 1.54) is 6.33 Å². The van der Waals surface area contributed by atoms with E-state index in [1.807, 2.05) is 67.6 Å². The van der Waals surface area contributed by atoms with E-state index >= 15 is 0 Å². The van der Waals surface area contributed by atoms with Crippen LogP contribution in [0.15, 0.2) is 73.2 Å². The molecule has 2 heterocycles. The van der Waals surface area contributed by atoms with Crippen LogP contribution in [0.3, 0.4) is 0 Å². The number of hydrogen-bond donors (Lipinski definition) is 1. The van der Waals surface area contributed by atoms with Gasteiger partial charge in [0.05, 0.1) is 10.4 Å². The van der Waals surface area contributed by atoms with Gasteiger partial charge in [-0.2, -0.15) is 0 Å². The van der Waals surface area contributed by atoms with Crippen molar-refractivity contribution < 1.29 is 4.92 Å². The third-order valence-electron chi connectivity index (χ3n) is 4.52. The summed E-state index contributed by atoms with van der Waals surface area (Å²) in [7, 11) is 0. The zero-order valence-corrected chi connectivity index (χ0v) is 15.7. The lowest BCUT2D eigenvalue weighted by atomic mass is 10.2. The number of nitrogens with zero attached hydrogens (tertiary/aromatic N) is 5. The van der Waals surface area contributed by atoms with Crippen molar-refractivity contribution in [1.29, 1.82) is 0 Å². The highest BCUT2D eigenvalue weighted by Gasteiger charge is 2.27. The van der Waals surface area contributed by atoms with Gasteiger partial charge in [0.25, 0.3) is 0 Å². The molecular weight excluding hydrogens is 368 g/mol. The Morgan fingerprint density at radius 3 is 2.59 bits per heavy atom. The average Bonchev–Trinajstić information content (AvgIpc) is 2.75. The van der Waals surface area contributed by atoms with Crippen molar-refractivity contribution in [1.82, 2.24) is 15.0 Å². The van der Waals surface area contributed by atoms with Gasteiger partial charge < -0.3 is 10.2 Å². The zero-order valence-electron chi connectivity index (χ0n) is 15.7. The van der Waals surface area contributed by atoms with Gasteiger partial charge in [0.1, 0.15) is 6.33 Å². The van der Waals surface area contributed by atoms with Crippen LogP contribution in [0.5, 0.6) is 0 Å². The van der Waals surface area contributed by atoms with E-state index in [2.05, 4.69) is 20.3 Å². The minimum atomic E-state index is -0.452. The number of anilines is 4. The molecule has 0 amide bonds. The fourth-order valence-corrected chi connectivity index (χ4v) is 3.23. The molecule has 0 atom stereocenters. The number of para-hydroxylation sites is 1. The number of benzene rings is 2. The van der Waals surface area contributed by atoms with Crippen LogP contribution in [0.2, 0.25) is 0 Å². The summed E-state index contributed by atoms with van der Waals surface area (Å²) in [6.07, 6.45) is 3.04. The highest BCUT2D eigenvalue weighted by molar-refractivity contribution is 5.94. The van der Waals surface area contributed by atoms with Crippen molar-refractivity contribution in [3.05, 3.63) is 83.3 Å². The van der Waals surface area contributed by atoms with Crippen molar-refractivity contribution in [3.63, 3.8) is 0 Å². The summed E-state index contributed by atoms with van der Waals surface area (Å²) in [4.78, 5) is 26.1. The quantitative estimate of drug-likeness (QED) is 0.374. The molecule has 8 heteroatoms. The predicted octanol–water partition coefficient (Wildman–Crippen LogP) is 4.83. The molecule has 0 fully saturated rings. The molecule has 4 rings (SSSR count). The lowest BCUT2D eigenvalue weighted by Crippen LogP contribution is -2.19. The summed E-state index contributed by atoms with van der Waals surface area (Å²) in [5, 5.41) is 15.9. The van der Waals surface area contributed by atoms with Crippen LogP contribution in [0.4, 0.5) is 28.7 Å². The summed E-state index contributed by atoms with van der Waals surface area (Å²) in [6.45, 7) is 2.43. The van der Waals surface area contributed by atoms with E-state index in [9.17, 15) is 10.1 Å². The molecule has 8 nitrogen and oxygen atoms in total. The summed E-state index contributed by atoms with van der Waals surface area (Å²) >= 11 is 0. The van der Waals surface area contributed by atoms with Gasteiger partial charge in [-0.15, -0.1) is 0 Å². The maximum absolute atomic E-state index is 12.0. The Hall–Kier alpha value is -4.07. The molecule has 1 N–H and O–H groups in total. The van der Waals surface area contributed by atoms with Crippen LogP contribution in [0.1, 0.15) is 6.92 Å². The van der Waals surface area contributed by atoms with Crippen LogP contribution in [0, 0.1) is 10.1 Å². The molecule has 0 saturated heterocycles. The number of nitro groups is 1. The van der Waals surface area contributed by atoms with Gasteiger partial charge >= 0.3 is 5.69 Å². The molecule has 0 aliphatic carbocycles. The Bertz CT molecular complexity index is 1160. The molecule has 0 aliphatic rings. The van der Waals surface area contributed by atoms with Gasteiger partial charge in [-0.1, -0.05) is 24.3 Å². The third kappa shape index (κ3) is 3.55. The number of pyridine rings is 1. The topological polar surface area (TPSA) is 97.1 Å². The second-order valence-corrected chi connectivity index (χ2v) is 6.23. The van der Waals surface area contributed by atoms with Gasteiger partial charge in [-0.05, 0) is 43.3 Å². The highest BCUT2D eigenvalue weighted by atomic mass is 16.6. The van der Waals surface area contributed by atoms with Gasteiger partial charge in [-0.25, -0.2) is 9.97 Å². The van der Waals surface area contributed by atoms with Gasteiger partial charge in [0, 0.05) is 29.5 Å². The maximum Gasteiger partial charge on any atom is 0.354 e. The molecule has 29 heavy (non-hydrogen) atoms. The standard InChI is InChI=1S/C21H18N6O2/c1-2-26(15-8-4-3-5-9-15)21-19(27(28)29)20(23-14-24-21)25-18-12-6-11-17-16(18)10-7-13-22-17/h3-14H,2H2,1H3,(H,23,24,25). The minimum absolute atomic E-state index is 0.130. The zero-order chi connectivity index (χ0) is 20.2. The Morgan fingerprint density at radius 2 is 1.83 bits per heavy atom. The Balaban J connectivity index is 1.83. The van der Waals surface area contributed by atoms with Crippen LogP contribution < -0.4 is 10.2 Å². The lowest BCUT2D eigenvalue weighted by molar-refractivity contribution is -0.383. The minimum Gasteiger partial charge on any atom is -0.334 e. The third-order valence-corrected chi connectivity index (χ3v) is 4.52. The van der Waals surface area contributed by atoms with Crippen molar-refractivity contribution in [3.8, 4) is 0 Å². The lowest BCUT2D eigenvalue weighted by Gasteiger charge is -2.22. The largest absolute Gasteiger partial charge is 0.354 e. The molecular formula is C21H18N6O2. The monoisotopic (exact) mass is 386 g/mol. The van der Waals surface area contributed by atoms with Gasteiger partial charge in [0.2, 0.25) is 11.6 Å². The average molecular weight is 386 g/mol. The highest BCUT2D eigenvalue weighted by Crippen LogP contribution is 2.37. The molecule has 4 aromatic rings. The molecule has 144 valence electrons. The predicted molar refractivity (Wildman–Crippen MR) is 113 cm³/mol. The Morgan fingerprint density at radius 1 is 1.00 bits per heavy atom. The molecule has 0 radical (unpaired) electrons. The molecule has 0 saturated carbocycles. The number of hydrogen-bond acceptors (Lipinski definition) is 7. The first-order valence-electron chi connectivity index (χ1n) is 9.11. The number of nitrogens with one attached hydrogen (secondary N) is 1. The van der Waals surface area contributed by atoms with E-state index in [0.717, 1.165) is 16.6 Å². The van der Waals surface area contributed by atoms with Crippen LogP contribution in [-0.2, 0) is 0 Å². The number of aromatic nitrogens is 3. The van der Waals surface area contributed by atoms with Gasteiger partial charge in [-0.3, -0.25) is 15.1 Å².